The van der Waals surface area contributed by atoms with Crippen molar-refractivity contribution in [3.63, 3.8) is 0 Å². The molecule has 0 bridgehead atoms. The molecule has 1 saturated heterocycles. The van der Waals surface area contributed by atoms with E-state index in [4.69, 9.17) is 0 Å². The van der Waals surface area contributed by atoms with Crippen LogP contribution < -0.4 is 5.32 Å². The van der Waals surface area contributed by atoms with E-state index >= 15 is 0 Å². The molecular weight excluding hydrogens is 242 g/mol. The maximum absolute atomic E-state index is 3.58. The monoisotopic (exact) mass is 273 g/mol. The summed E-state index contributed by atoms with van der Waals surface area (Å²) in [4.78, 5) is 0. The van der Waals surface area contributed by atoms with Crippen LogP contribution in [0.2, 0.25) is 0 Å². The van der Waals surface area contributed by atoms with E-state index in [1.54, 1.807) is 5.56 Å². The van der Waals surface area contributed by atoms with Gasteiger partial charge in [0.15, 0.2) is 0 Å². The lowest BCUT2D eigenvalue weighted by Gasteiger charge is -2.34. The third-order valence-electron chi connectivity index (χ3n) is 4.59. The van der Waals surface area contributed by atoms with Crippen LogP contribution in [0.4, 0.5) is 0 Å². The van der Waals surface area contributed by atoms with Gasteiger partial charge >= 0.3 is 0 Å². The molecule has 20 heavy (non-hydrogen) atoms. The van der Waals surface area contributed by atoms with Gasteiger partial charge in [-0.15, -0.1) is 0 Å². The Morgan fingerprint density at radius 3 is 2.35 bits per heavy atom. The maximum atomic E-state index is 3.58. The number of rotatable bonds is 3. The maximum Gasteiger partial charge on any atom is -0.00146 e. The molecule has 1 aromatic carbocycles. The van der Waals surface area contributed by atoms with Crippen LogP contribution in [0.3, 0.4) is 0 Å². The number of benzene rings is 1. The van der Waals surface area contributed by atoms with E-state index in [9.17, 15) is 0 Å². The molecule has 1 N–H and O–H groups in total. The minimum atomic E-state index is 0.254. The lowest BCUT2D eigenvalue weighted by atomic mass is 9.76. The Hall–Kier alpha value is -0.820. The number of nitrogens with one attached hydrogen (secondary N) is 1. The van der Waals surface area contributed by atoms with Crippen LogP contribution in [0.1, 0.15) is 64.5 Å². The molecule has 1 aliphatic rings. The Morgan fingerprint density at radius 1 is 1.15 bits per heavy atom. The molecule has 1 heterocycles. The van der Waals surface area contributed by atoms with Crippen molar-refractivity contribution in [1.82, 2.24) is 5.32 Å². The second-order valence-corrected chi connectivity index (χ2v) is 7.86. The average molecular weight is 273 g/mol. The predicted molar refractivity (Wildman–Crippen MR) is 88.3 cm³/mol. The van der Waals surface area contributed by atoms with E-state index in [0.717, 1.165) is 17.8 Å². The van der Waals surface area contributed by atoms with E-state index < -0.39 is 0 Å². The van der Waals surface area contributed by atoms with Crippen molar-refractivity contribution in [2.75, 3.05) is 13.1 Å². The zero-order valence-corrected chi connectivity index (χ0v) is 13.9. The molecule has 2 atom stereocenters. The van der Waals surface area contributed by atoms with Crippen molar-refractivity contribution in [3.05, 3.63) is 35.4 Å². The third kappa shape index (κ3) is 3.85. The second kappa shape index (κ2) is 6.30. The van der Waals surface area contributed by atoms with E-state index in [1.807, 2.05) is 0 Å². The Morgan fingerprint density at radius 2 is 1.80 bits per heavy atom. The van der Waals surface area contributed by atoms with Gasteiger partial charge in [0.05, 0.1) is 0 Å². The summed E-state index contributed by atoms with van der Waals surface area (Å²) in [6, 6.07) is 9.43. The smallest absolute Gasteiger partial charge is 0.00146 e. The second-order valence-electron chi connectivity index (χ2n) is 7.86. The minimum absolute atomic E-state index is 0.254. The van der Waals surface area contributed by atoms with E-state index in [-0.39, 0.29) is 5.41 Å². The number of hydrogen-bond acceptors (Lipinski definition) is 1. The van der Waals surface area contributed by atoms with Gasteiger partial charge in [-0.1, -0.05) is 58.9 Å². The molecule has 2 unspecified atom stereocenters. The summed E-state index contributed by atoms with van der Waals surface area (Å²) in [5.41, 5.74) is 3.24. The molecule has 0 amide bonds. The zero-order chi connectivity index (χ0) is 14.8. The van der Waals surface area contributed by atoms with Gasteiger partial charge in [0.2, 0.25) is 0 Å². The van der Waals surface area contributed by atoms with E-state index in [2.05, 4.69) is 64.2 Å². The van der Waals surface area contributed by atoms with E-state index in [1.165, 1.54) is 31.5 Å². The fourth-order valence-electron chi connectivity index (χ4n) is 3.45. The van der Waals surface area contributed by atoms with Crippen LogP contribution in [0.25, 0.3) is 0 Å². The zero-order valence-electron chi connectivity index (χ0n) is 13.9. The molecular formula is C19H31N. The number of hydrogen-bond donors (Lipinski definition) is 1. The molecule has 112 valence electrons. The molecule has 1 aromatic rings. The SMILES string of the molecule is CC(C)CC1CNCCC1c1ccc(C(C)(C)C)cc1. The van der Waals surface area contributed by atoms with Crippen molar-refractivity contribution in [2.24, 2.45) is 11.8 Å². The third-order valence-corrected chi connectivity index (χ3v) is 4.59. The molecule has 0 radical (unpaired) electrons. The fourth-order valence-corrected chi connectivity index (χ4v) is 3.45. The number of piperidine rings is 1. The van der Waals surface area contributed by atoms with Crippen molar-refractivity contribution in [2.45, 2.75) is 58.8 Å². The van der Waals surface area contributed by atoms with Gasteiger partial charge in [0.1, 0.15) is 0 Å². The molecule has 0 aliphatic carbocycles. The van der Waals surface area contributed by atoms with Gasteiger partial charge in [-0.05, 0) is 60.2 Å². The molecule has 1 aliphatic heterocycles. The Labute approximate surface area is 125 Å². The summed E-state index contributed by atoms with van der Waals surface area (Å²) < 4.78 is 0. The van der Waals surface area contributed by atoms with Crippen molar-refractivity contribution in [1.29, 1.82) is 0 Å². The highest BCUT2D eigenvalue weighted by molar-refractivity contribution is 5.30. The molecule has 0 aromatic heterocycles. The lowest BCUT2D eigenvalue weighted by molar-refractivity contribution is 0.280. The summed E-state index contributed by atoms with van der Waals surface area (Å²) in [5.74, 6) is 2.33. The Kier molecular flexibility index (Phi) is 4.90. The van der Waals surface area contributed by atoms with Crippen LogP contribution in [-0.4, -0.2) is 13.1 Å². The van der Waals surface area contributed by atoms with Gasteiger partial charge in [-0.2, -0.15) is 0 Å². The first-order valence-electron chi connectivity index (χ1n) is 8.19. The van der Waals surface area contributed by atoms with Gasteiger partial charge in [-0.3, -0.25) is 0 Å². The molecule has 1 fully saturated rings. The van der Waals surface area contributed by atoms with Crippen LogP contribution in [0.15, 0.2) is 24.3 Å². The standard InChI is InChI=1S/C19H31N/c1-14(2)12-16-13-20-11-10-18(16)15-6-8-17(9-7-15)19(3,4)5/h6-9,14,16,18,20H,10-13H2,1-5H3. The van der Waals surface area contributed by atoms with Crippen molar-refractivity contribution < 1.29 is 0 Å². The Bertz CT molecular complexity index is 410. The predicted octanol–water partition coefficient (Wildman–Crippen LogP) is 4.72. The first kappa shape index (κ1) is 15.6. The van der Waals surface area contributed by atoms with Crippen LogP contribution in [-0.2, 0) is 5.41 Å². The summed E-state index contributed by atoms with van der Waals surface area (Å²) in [5, 5.41) is 3.58. The summed E-state index contributed by atoms with van der Waals surface area (Å²) in [7, 11) is 0. The summed E-state index contributed by atoms with van der Waals surface area (Å²) >= 11 is 0. The molecule has 1 nitrogen and oxygen atoms in total. The molecule has 0 saturated carbocycles. The largest absolute Gasteiger partial charge is 0.316 e. The average Bonchev–Trinajstić information content (AvgIpc) is 2.38. The van der Waals surface area contributed by atoms with Crippen LogP contribution >= 0.6 is 0 Å². The highest BCUT2D eigenvalue weighted by atomic mass is 14.9. The summed E-state index contributed by atoms with van der Waals surface area (Å²) in [6.07, 6.45) is 2.62. The molecule has 1 heteroatoms. The quantitative estimate of drug-likeness (QED) is 0.840. The highest BCUT2D eigenvalue weighted by Crippen LogP contribution is 2.35. The normalized spacial score (nSPS) is 24.1. The minimum Gasteiger partial charge on any atom is -0.316 e. The molecule has 0 spiro atoms. The lowest BCUT2D eigenvalue weighted by Crippen LogP contribution is -2.36. The molecule has 2 rings (SSSR count). The van der Waals surface area contributed by atoms with E-state index in [0.29, 0.717) is 0 Å². The first-order chi connectivity index (χ1) is 9.38. The van der Waals surface area contributed by atoms with Crippen LogP contribution in [0, 0.1) is 11.8 Å². The topological polar surface area (TPSA) is 12.0 Å². The van der Waals surface area contributed by atoms with Crippen molar-refractivity contribution >= 4 is 0 Å². The van der Waals surface area contributed by atoms with Crippen molar-refractivity contribution in [3.8, 4) is 0 Å². The van der Waals surface area contributed by atoms with Gasteiger partial charge in [-0.25, -0.2) is 0 Å². The fraction of sp³-hybridized carbons (Fsp3) is 0.684. The highest BCUT2D eigenvalue weighted by Gasteiger charge is 2.27. The Balaban J connectivity index is 2.15. The van der Waals surface area contributed by atoms with Crippen LogP contribution in [0.5, 0.6) is 0 Å². The first-order valence-corrected chi connectivity index (χ1v) is 8.19. The van der Waals surface area contributed by atoms with Gasteiger partial charge in [0.25, 0.3) is 0 Å². The van der Waals surface area contributed by atoms with Gasteiger partial charge in [0, 0.05) is 0 Å². The summed E-state index contributed by atoms with van der Waals surface area (Å²) in [6.45, 7) is 13.9. The van der Waals surface area contributed by atoms with Gasteiger partial charge < -0.3 is 5.32 Å².